The molecule has 2 rings (SSSR count). The third-order valence-corrected chi connectivity index (χ3v) is 4.11. The lowest BCUT2D eigenvalue weighted by Gasteiger charge is -2.29. The largest absolute Gasteiger partial charge is 0.463 e. The van der Waals surface area contributed by atoms with Gasteiger partial charge in [-0.05, 0) is 31.0 Å². The summed E-state index contributed by atoms with van der Waals surface area (Å²) in [6.45, 7) is 2.48. The minimum Gasteiger partial charge on any atom is -0.463 e. The van der Waals surface area contributed by atoms with Gasteiger partial charge < -0.3 is 15.2 Å². The SMILES string of the molecule is CCOC(=O)[C@@](O)(c1ccc(NC(=O)Cc2ccccc2)c(C)c1)C(F)(F)F. The van der Waals surface area contributed by atoms with Gasteiger partial charge in [0.2, 0.25) is 5.91 Å². The fourth-order valence-electron chi connectivity index (χ4n) is 2.64. The highest BCUT2D eigenvalue weighted by Gasteiger charge is 2.62. The first kappa shape index (κ1) is 21.4. The molecule has 0 aliphatic heterocycles. The lowest BCUT2D eigenvalue weighted by Crippen LogP contribution is -2.50. The van der Waals surface area contributed by atoms with Crippen molar-refractivity contribution < 1.29 is 32.6 Å². The van der Waals surface area contributed by atoms with Crippen molar-refractivity contribution in [2.75, 3.05) is 11.9 Å². The first-order valence-corrected chi connectivity index (χ1v) is 8.50. The predicted octanol–water partition coefficient (Wildman–Crippen LogP) is 3.49. The number of halogens is 3. The number of amides is 1. The summed E-state index contributed by atoms with van der Waals surface area (Å²) >= 11 is 0. The number of hydrogen-bond donors (Lipinski definition) is 2. The molecule has 5 nitrogen and oxygen atoms in total. The molecule has 2 aromatic carbocycles. The van der Waals surface area contributed by atoms with Crippen LogP contribution in [-0.2, 0) is 26.3 Å². The quantitative estimate of drug-likeness (QED) is 0.735. The fourth-order valence-corrected chi connectivity index (χ4v) is 2.64. The zero-order valence-electron chi connectivity index (χ0n) is 15.3. The molecule has 8 heteroatoms. The Balaban J connectivity index is 2.26. The van der Waals surface area contributed by atoms with E-state index < -0.39 is 23.3 Å². The average molecular weight is 395 g/mol. The van der Waals surface area contributed by atoms with Crippen molar-refractivity contribution >= 4 is 17.6 Å². The average Bonchev–Trinajstić information content (AvgIpc) is 2.62. The van der Waals surface area contributed by atoms with Crippen molar-refractivity contribution in [2.45, 2.75) is 32.0 Å². The van der Waals surface area contributed by atoms with Gasteiger partial charge in [0, 0.05) is 11.3 Å². The molecule has 0 aliphatic rings. The summed E-state index contributed by atoms with van der Waals surface area (Å²) in [7, 11) is 0. The molecule has 2 N–H and O–H groups in total. The molecule has 0 saturated heterocycles. The summed E-state index contributed by atoms with van der Waals surface area (Å²) in [4.78, 5) is 24.0. The molecule has 0 saturated carbocycles. The van der Waals surface area contributed by atoms with E-state index in [1.54, 1.807) is 24.3 Å². The molecule has 0 radical (unpaired) electrons. The molecule has 0 spiro atoms. The van der Waals surface area contributed by atoms with Crippen molar-refractivity contribution in [3.63, 3.8) is 0 Å². The summed E-state index contributed by atoms with van der Waals surface area (Å²) in [5, 5.41) is 12.7. The topological polar surface area (TPSA) is 75.6 Å². The van der Waals surface area contributed by atoms with Gasteiger partial charge in [0.25, 0.3) is 5.60 Å². The number of alkyl halides is 3. The van der Waals surface area contributed by atoms with Gasteiger partial charge >= 0.3 is 12.1 Å². The monoisotopic (exact) mass is 395 g/mol. The maximum absolute atomic E-state index is 13.4. The van der Waals surface area contributed by atoms with Crippen LogP contribution >= 0.6 is 0 Å². The third kappa shape index (κ3) is 4.51. The van der Waals surface area contributed by atoms with Gasteiger partial charge in [-0.2, -0.15) is 13.2 Å². The number of benzene rings is 2. The fraction of sp³-hybridized carbons (Fsp3) is 0.300. The molecule has 0 bridgehead atoms. The summed E-state index contributed by atoms with van der Waals surface area (Å²) < 4.78 is 44.7. The van der Waals surface area contributed by atoms with Crippen molar-refractivity contribution in [3.05, 3.63) is 65.2 Å². The number of hydrogen-bond acceptors (Lipinski definition) is 4. The number of esters is 1. The van der Waals surface area contributed by atoms with Crippen LogP contribution < -0.4 is 5.32 Å². The summed E-state index contributed by atoms with van der Waals surface area (Å²) in [6, 6.07) is 12.1. The normalized spacial score (nSPS) is 13.5. The van der Waals surface area contributed by atoms with Gasteiger partial charge in [-0.15, -0.1) is 0 Å². The number of aryl methyl sites for hydroxylation is 1. The zero-order valence-corrected chi connectivity index (χ0v) is 15.3. The Morgan fingerprint density at radius 2 is 1.75 bits per heavy atom. The van der Waals surface area contributed by atoms with E-state index in [9.17, 15) is 27.9 Å². The van der Waals surface area contributed by atoms with Crippen LogP contribution in [0.5, 0.6) is 0 Å². The van der Waals surface area contributed by atoms with Crippen LogP contribution in [0.15, 0.2) is 48.5 Å². The van der Waals surface area contributed by atoms with E-state index in [1.165, 1.54) is 19.9 Å². The Labute approximate surface area is 160 Å². The highest BCUT2D eigenvalue weighted by molar-refractivity contribution is 5.93. The van der Waals surface area contributed by atoms with Crippen LogP contribution in [-0.4, -0.2) is 29.8 Å². The summed E-state index contributed by atoms with van der Waals surface area (Å²) in [5.41, 5.74) is -3.16. The highest BCUT2D eigenvalue weighted by Crippen LogP contribution is 2.41. The highest BCUT2D eigenvalue weighted by atomic mass is 19.4. The molecular formula is C20H20F3NO4. The van der Waals surface area contributed by atoms with Gasteiger partial charge in [-0.3, -0.25) is 4.79 Å². The van der Waals surface area contributed by atoms with E-state index in [-0.39, 0.29) is 30.2 Å². The third-order valence-electron chi connectivity index (χ3n) is 4.11. The summed E-state index contributed by atoms with van der Waals surface area (Å²) in [5.74, 6) is -2.15. The van der Waals surface area contributed by atoms with Crippen LogP contribution in [0.25, 0.3) is 0 Å². The van der Waals surface area contributed by atoms with E-state index >= 15 is 0 Å². The van der Waals surface area contributed by atoms with E-state index in [1.807, 2.05) is 6.07 Å². The molecule has 150 valence electrons. The number of anilines is 1. The van der Waals surface area contributed by atoms with Crippen molar-refractivity contribution in [2.24, 2.45) is 0 Å². The van der Waals surface area contributed by atoms with E-state index in [0.717, 1.165) is 17.7 Å². The van der Waals surface area contributed by atoms with Crippen LogP contribution in [0.1, 0.15) is 23.6 Å². The van der Waals surface area contributed by atoms with Crippen LogP contribution in [0.4, 0.5) is 18.9 Å². The van der Waals surface area contributed by atoms with Crippen molar-refractivity contribution in [1.82, 2.24) is 0 Å². The van der Waals surface area contributed by atoms with E-state index in [2.05, 4.69) is 10.1 Å². The molecule has 1 amide bonds. The van der Waals surface area contributed by atoms with Gasteiger partial charge in [-0.25, -0.2) is 4.79 Å². The number of carbonyl (C=O) groups excluding carboxylic acids is 2. The summed E-state index contributed by atoms with van der Waals surface area (Å²) in [6.07, 6.45) is -5.18. The van der Waals surface area contributed by atoms with Crippen molar-refractivity contribution in [1.29, 1.82) is 0 Å². The van der Waals surface area contributed by atoms with E-state index in [4.69, 9.17) is 0 Å². The molecule has 0 aromatic heterocycles. The maximum Gasteiger partial charge on any atom is 0.432 e. The first-order chi connectivity index (χ1) is 13.1. The number of rotatable bonds is 6. The smallest absolute Gasteiger partial charge is 0.432 e. The Kier molecular flexibility index (Phi) is 6.45. The van der Waals surface area contributed by atoms with Crippen LogP contribution in [0.2, 0.25) is 0 Å². The number of carbonyl (C=O) groups is 2. The molecule has 0 fully saturated rings. The Bertz CT molecular complexity index is 852. The molecule has 1 atom stereocenters. The number of ether oxygens (including phenoxy) is 1. The molecule has 0 heterocycles. The molecular weight excluding hydrogens is 375 g/mol. The Hall–Kier alpha value is -2.87. The minimum atomic E-state index is -5.27. The lowest BCUT2D eigenvalue weighted by atomic mass is 9.91. The Morgan fingerprint density at radius 1 is 1.11 bits per heavy atom. The van der Waals surface area contributed by atoms with Gasteiger partial charge in [0.15, 0.2) is 0 Å². The zero-order chi connectivity index (χ0) is 20.9. The first-order valence-electron chi connectivity index (χ1n) is 8.50. The predicted molar refractivity (Wildman–Crippen MR) is 96.5 cm³/mol. The van der Waals surface area contributed by atoms with Gasteiger partial charge in [0.1, 0.15) is 0 Å². The van der Waals surface area contributed by atoms with Crippen LogP contribution in [0.3, 0.4) is 0 Å². The minimum absolute atomic E-state index is 0.0946. The molecule has 0 aliphatic carbocycles. The standard InChI is InChI=1S/C20H20F3NO4/c1-3-28-18(26)19(27,20(21,22)23)15-9-10-16(13(2)11-15)24-17(25)12-14-7-5-4-6-8-14/h4-11,27H,3,12H2,1-2H3,(H,24,25)/t19-/m0/s1. The second-order valence-electron chi connectivity index (χ2n) is 6.17. The van der Waals surface area contributed by atoms with Gasteiger partial charge in [0.05, 0.1) is 13.0 Å². The molecule has 2 aromatic rings. The Morgan fingerprint density at radius 3 is 2.29 bits per heavy atom. The second kappa shape index (κ2) is 8.43. The van der Waals surface area contributed by atoms with Crippen molar-refractivity contribution in [3.8, 4) is 0 Å². The number of aliphatic hydroxyl groups is 1. The van der Waals surface area contributed by atoms with Gasteiger partial charge in [-0.1, -0.05) is 42.5 Å². The molecule has 0 unspecified atom stereocenters. The molecule has 28 heavy (non-hydrogen) atoms. The maximum atomic E-state index is 13.4. The number of nitrogens with one attached hydrogen (secondary N) is 1. The van der Waals surface area contributed by atoms with Crippen LogP contribution in [0, 0.1) is 6.92 Å². The van der Waals surface area contributed by atoms with E-state index in [0.29, 0.717) is 0 Å². The second-order valence-corrected chi connectivity index (χ2v) is 6.17. The lowest BCUT2D eigenvalue weighted by molar-refractivity contribution is -0.267.